The molecule has 0 saturated carbocycles. The summed E-state index contributed by atoms with van der Waals surface area (Å²) < 4.78 is 5.14. The van der Waals surface area contributed by atoms with Gasteiger partial charge >= 0.3 is 6.09 Å². The summed E-state index contributed by atoms with van der Waals surface area (Å²) in [6.45, 7) is 15.5. The van der Waals surface area contributed by atoms with Crippen LogP contribution in [0.5, 0.6) is 0 Å². The maximum absolute atomic E-state index is 11.5. The molecule has 100 valence electrons. The highest BCUT2D eigenvalue weighted by molar-refractivity contribution is 5.67. The molecule has 0 heterocycles. The van der Waals surface area contributed by atoms with E-state index in [1.165, 1.54) is 0 Å². The van der Waals surface area contributed by atoms with Crippen LogP contribution in [0.2, 0.25) is 0 Å². The first-order valence-electron chi connectivity index (χ1n) is 5.91. The number of rotatable bonds is 4. The highest BCUT2D eigenvalue weighted by Gasteiger charge is 2.24. The lowest BCUT2D eigenvalue weighted by molar-refractivity contribution is 0.0470. The normalized spacial score (nSPS) is 14.0. The number of amides is 1. The molecule has 2 N–H and O–H groups in total. The van der Waals surface area contributed by atoms with Crippen LogP contribution in [0.4, 0.5) is 4.79 Å². The topological polar surface area (TPSA) is 50.4 Å². The Hall–Kier alpha value is -1.03. The molecule has 0 bridgehead atoms. The van der Waals surface area contributed by atoms with Gasteiger partial charge in [-0.05, 0) is 32.6 Å². The number of hydrogen-bond acceptors (Lipinski definition) is 3. The molecule has 0 saturated heterocycles. The summed E-state index contributed by atoms with van der Waals surface area (Å²) >= 11 is 0. The van der Waals surface area contributed by atoms with Gasteiger partial charge in [-0.25, -0.2) is 10.2 Å². The third kappa shape index (κ3) is 7.80. The molecule has 0 aliphatic heterocycles. The minimum absolute atomic E-state index is 0.0310. The van der Waals surface area contributed by atoms with Gasteiger partial charge in [-0.2, -0.15) is 0 Å². The maximum atomic E-state index is 11.5. The Labute approximate surface area is 105 Å². The number of nitrogens with one attached hydrogen (secondary N) is 2. The molecular formula is C13H26N2O2. The van der Waals surface area contributed by atoms with Crippen LogP contribution < -0.4 is 10.9 Å². The molecule has 17 heavy (non-hydrogen) atoms. The molecule has 4 heteroatoms. The predicted octanol–water partition coefficient (Wildman–Crippen LogP) is 3.01. The number of carbonyl (C=O) groups is 1. The number of carbonyl (C=O) groups excluding carboxylic acids is 1. The monoisotopic (exact) mass is 242 g/mol. The zero-order valence-electron chi connectivity index (χ0n) is 11.9. The largest absolute Gasteiger partial charge is 0.443 e. The van der Waals surface area contributed by atoms with Crippen molar-refractivity contribution in [2.75, 3.05) is 0 Å². The Kier molecular flexibility index (Phi) is 5.69. The van der Waals surface area contributed by atoms with Crippen molar-refractivity contribution < 1.29 is 9.53 Å². The molecule has 0 aromatic carbocycles. The van der Waals surface area contributed by atoms with Gasteiger partial charge in [-0.3, -0.25) is 5.43 Å². The van der Waals surface area contributed by atoms with Crippen LogP contribution in [-0.2, 0) is 4.74 Å². The van der Waals surface area contributed by atoms with E-state index in [0.717, 1.165) is 6.42 Å². The summed E-state index contributed by atoms with van der Waals surface area (Å²) in [6.07, 6.45) is 2.15. The van der Waals surface area contributed by atoms with Crippen molar-refractivity contribution in [1.29, 1.82) is 0 Å². The summed E-state index contributed by atoms with van der Waals surface area (Å²) in [7, 11) is 0. The Morgan fingerprint density at radius 1 is 1.29 bits per heavy atom. The summed E-state index contributed by atoms with van der Waals surface area (Å²) in [5, 5.41) is 0. The first kappa shape index (κ1) is 16.0. The average molecular weight is 242 g/mol. The smallest absolute Gasteiger partial charge is 0.422 e. The van der Waals surface area contributed by atoms with Crippen LogP contribution in [-0.4, -0.2) is 17.7 Å². The van der Waals surface area contributed by atoms with E-state index < -0.39 is 11.7 Å². The first-order chi connectivity index (χ1) is 7.56. The van der Waals surface area contributed by atoms with Crippen LogP contribution in [0.1, 0.15) is 48.0 Å². The lowest BCUT2D eigenvalue weighted by Gasteiger charge is -2.31. The van der Waals surface area contributed by atoms with Crippen molar-refractivity contribution in [2.45, 2.75) is 59.6 Å². The molecule has 0 fully saturated rings. The van der Waals surface area contributed by atoms with Gasteiger partial charge in [0.2, 0.25) is 0 Å². The number of hydrogen-bond donors (Lipinski definition) is 2. The van der Waals surface area contributed by atoms with Gasteiger partial charge in [0.25, 0.3) is 0 Å². The fourth-order valence-corrected chi connectivity index (χ4v) is 1.25. The first-order valence-corrected chi connectivity index (χ1v) is 5.91. The predicted molar refractivity (Wildman–Crippen MR) is 70.6 cm³/mol. The van der Waals surface area contributed by atoms with Crippen molar-refractivity contribution >= 4 is 6.09 Å². The van der Waals surface area contributed by atoms with Gasteiger partial charge < -0.3 is 4.74 Å². The minimum atomic E-state index is -0.485. The van der Waals surface area contributed by atoms with Crippen molar-refractivity contribution in [2.24, 2.45) is 5.41 Å². The van der Waals surface area contributed by atoms with E-state index in [4.69, 9.17) is 4.74 Å². The molecule has 0 aliphatic rings. The van der Waals surface area contributed by atoms with Crippen LogP contribution in [0.15, 0.2) is 12.7 Å². The van der Waals surface area contributed by atoms with Crippen LogP contribution in [0.25, 0.3) is 0 Å². The highest BCUT2D eigenvalue weighted by Crippen LogP contribution is 2.21. The van der Waals surface area contributed by atoms with Gasteiger partial charge in [0.1, 0.15) is 5.60 Å². The van der Waals surface area contributed by atoms with Crippen LogP contribution in [0, 0.1) is 5.41 Å². The van der Waals surface area contributed by atoms with E-state index in [1.807, 2.05) is 26.8 Å². The van der Waals surface area contributed by atoms with E-state index >= 15 is 0 Å². The van der Waals surface area contributed by atoms with E-state index in [9.17, 15) is 4.79 Å². The number of ether oxygens (including phenoxy) is 1. The Morgan fingerprint density at radius 3 is 2.18 bits per heavy atom. The molecule has 4 nitrogen and oxygen atoms in total. The average Bonchev–Trinajstić information content (AvgIpc) is 2.07. The van der Waals surface area contributed by atoms with Crippen LogP contribution in [0.3, 0.4) is 0 Å². The molecule has 0 aromatic rings. The van der Waals surface area contributed by atoms with E-state index in [1.54, 1.807) is 0 Å². The second-order valence-electron chi connectivity index (χ2n) is 6.21. The van der Waals surface area contributed by atoms with Crippen molar-refractivity contribution in [3.05, 3.63) is 12.7 Å². The second-order valence-corrected chi connectivity index (χ2v) is 6.21. The Bertz CT molecular complexity index is 262. The molecule has 1 amide bonds. The van der Waals surface area contributed by atoms with Crippen LogP contribution >= 0.6 is 0 Å². The fourth-order valence-electron chi connectivity index (χ4n) is 1.25. The van der Waals surface area contributed by atoms with Crippen molar-refractivity contribution in [1.82, 2.24) is 10.9 Å². The van der Waals surface area contributed by atoms with E-state index in [2.05, 4.69) is 38.2 Å². The van der Waals surface area contributed by atoms with Gasteiger partial charge in [0, 0.05) is 6.04 Å². The van der Waals surface area contributed by atoms with Gasteiger partial charge in [0.05, 0.1) is 0 Å². The van der Waals surface area contributed by atoms with Gasteiger partial charge in [0.15, 0.2) is 0 Å². The molecule has 0 radical (unpaired) electrons. The fraction of sp³-hybridized carbons (Fsp3) is 0.769. The van der Waals surface area contributed by atoms with E-state index in [0.29, 0.717) is 0 Å². The van der Waals surface area contributed by atoms with Gasteiger partial charge in [-0.15, -0.1) is 6.58 Å². The summed E-state index contributed by atoms with van der Waals surface area (Å²) in [5.41, 5.74) is 5.11. The molecule has 0 rings (SSSR count). The van der Waals surface area contributed by atoms with Crippen molar-refractivity contribution in [3.8, 4) is 0 Å². The SMILES string of the molecule is C=CCC(NNC(=O)OC(C)(C)C)C(C)(C)C. The quantitative estimate of drug-likeness (QED) is 0.588. The zero-order chi connectivity index (χ0) is 13.7. The zero-order valence-corrected chi connectivity index (χ0v) is 11.9. The molecule has 1 unspecified atom stereocenters. The lowest BCUT2D eigenvalue weighted by Crippen LogP contribution is -2.51. The third-order valence-corrected chi connectivity index (χ3v) is 2.20. The Morgan fingerprint density at radius 2 is 1.82 bits per heavy atom. The van der Waals surface area contributed by atoms with Crippen molar-refractivity contribution in [3.63, 3.8) is 0 Å². The minimum Gasteiger partial charge on any atom is -0.443 e. The van der Waals surface area contributed by atoms with Gasteiger partial charge in [-0.1, -0.05) is 26.8 Å². The molecule has 0 aliphatic carbocycles. The highest BCUT2D eigenvalue weighted by atomic mass is 16.6. The second kappa shape index (κ2) is 6.05. The molecule has 0 aromatic heterocycles. The number of hydrazine groups is 1. The summed E-state index contributed by atoms with van der Waals surface area (Å²) in [6, 6.07) is 0.118. The molecular weight excluding hydrogens is 216 g/mol. The summed E-state index contributed by atoms with van der Waals surface area (Å²) in [4.78, 5) is 11.5. The third-order valence-electron chi connectivity index (χ3n) is 2.20. The molecule has 1 atom stereocenters. The Balaban J connectivity index is 4.23. The molecule has 0 spiro atoms. The summed E-state index contributed by atoms with van der Waals surface area (Å²) in [5.74, 6) is 0. The standard InChI is InChI=1S/C13H26N2O2/c1-8-9-10(12(2,3)4)14-15-11(16)17-13(5,6)7/h8,10,14H,1,9H2,2-7H3,(H,15,16). The van der Waals surface area contributed by atoms with E-state index in [-0.39, 0.29) is 11.5 Å². The maximum Gasteiger partial charge on any atom is 0.422 e. The lowest BCUT2D eigenvalue weighted by atomic mass is 9.85.